The minimum absolute atomic E-state index is 0.578. The summed E-state index contributed by atoms with van der Waals surface area (Å²) < 4.78 is 7.19. The third kappa shape index (κ3) is 6.75. The summed E-state index contributed by atoms with van der Waals surface area (Å²) in [5, 5.41) is 19.2. The van der Waals surface area contributed by atoms with Crippen LogP contribution in [0.3, 0.4) is 0 Å². The molecule has 0 saturated heterocycles. The van der Waals surface area contributed by atoms with Crippen molar-refractivity contribution < 1.29 is 14.9 Å². The first-order valence-electron chi connectivity index (χ1n) is 10.4. The van der Waals surface area contributed by atoms with E-state index in [1.165, 1.54) is 25.3 Å². The van der Waals surface area contributed by atoms with Crippen LogP contribution in [0.1, 0.15) is 58.3 Å². The fraction of sp³-hybridized carbons (Fsp3) is 0.652. The molecule has 0 spiro atoms. The quantitative estimate of drug-likeness (QED) is 0.176. The lowest BCUT2D eigenvalue weighted by Gasteiger charge is -2.33. The summed E-state index contributed by atoms with van der Waals surface area (Å²) >= 11 is 2.53. The lowest BCUT2D eigenvalue weighted by Crippen LogP contribution is -2.24. The molecule has 0 aliphatic heterocycles. The van der Waals surface area contributed by atoms with Gasteiger partial charge in [0.25, 0.3) is 0 Å². The molecular formula is C23H35IO3. The van der Waals surface area contributed by atoms with Crippen LogP contribution in [0.15, 0.2) is 47.8 Å². The first kappa shape index (κ1) is 22.7. The van der Waals surface area contributed by atoms with Crippen LogP contribution in [0.2, 0.25) is 0 Å². The molecule has 2 N–H and O–H groups in total. The third-order valence-corrected chi connectivity index (χ3v) is 6.92. The highest BCUT2D eigenvalue weighted by atomic mass is 127. The van der Waals surface area contributed by atoms with Crippen molar-refractivity contribution >= 4 is 22.6 Å². The number of hydrogen-bond donors (Lipinski definition) is 2. The largest absolute Gasteiger partial charge is 0.498 e. The van der Waals surface area contributed by atoms with Crippen molar-refractivity contribution in [2.45, 2.75) is 70.5 Å². The Bertz CT molecular complexity index is 564. The molecular weight excluding hydrogens is 451 g/mol. The topological polar surface area (TPSA) is 49.7 Å². The Labute approximate surface area is 178 Å². The summed E-state index contributed by atoms with van der Waals surface area (Å²) in [4.78, 5) is 0. The van der Waals surface area contributed by atoms with Crippen LogP contribution >= 0.6 is 22.6 Å². The fourth-order valence-electron chi connectivity index (χ4n) is 4.08. The number of hydrogen-bond acceptors (Lipinski definition) is 3. The Kier molecular flexibility index (Phi) is 10.2. The van der Waals surface area contributed by atoms with E-state index in [0.717, 1.165) is 35.9 Å². The van der Waals surface area contributed by atoms with Gasteiger partial charge in [0.2, 0.25) is 0 Å². The molecule has 0 bridgehead atoms. The van der Waals surface area contributed by atoms with Gasteiger partial charge in [-0.1, -0.05) is 53.3 Å². The normalized spacial score (nSPS) is 25.1. The fourth-order valence-corrected chi connectivity index (χ4v) is 5.00. The Balaban J connectivity index is 1.82. The van der Waals surface area contributed by atoms with Crippen molar-refractivity contribution in [1.82, 2.24) is 0 Å². The Morgan fingerprint density at radius 2 is 2.19 bits per heavy atom. The molecule has 0 heterocycles. The van der Waals surface area contributed by atoms with E-state index in [0.29, 0.717) is 24.9 Å². The van der Waals surface area contributed by atoms with Crippen molar-refractivity contribution in [2.24, 2.45) is 11.8 Å². The van der Waals surface area contributed by atoms with Crippen LogP contribution in [0.5, 0.6) is 0 Å². The first-order valence-corrected chi connectivity index (χ1v) is 11.9. The van der Waals surface area contributed by atoms with Crippen molar-refractivity contribution in [2.75, 3.05) is 11.0 Å². The van der Waals surface area contributed by atoms with Gasteiger partial charge in [-0.3, -0.25) is 0 Å². The van der Waals surface area contributed by atoms with E-state index in [-0.39, 0.29) is 0 Å². The zero-order valence-electron chi connectivity index (χ0n) is 16.6. The van der Waals surface area contributed by atoms with Crippen LogP contribution in [0.25, 0.3) is 0 Å². The van der Waals surface area contributed by atoms with Gasteiger partial charge in [-0.15, -0.1) is 6.58 Å². The number of rotatable bonds is 11. The minimum Gasteiger partial charge on any atom is -0.498 e. The summed E-state index contributed by atoms with van der Waals surface area (Å²) in [6.45, 7) is 6.47. The monoisotopic (exact) mass is 486 g/mol. The van der Waals surface area contributed by atoms with Crippen LogP contribution < -0.4 is 0 Å². The van der Waals surface area contributed by atoms with Crippen LogP contribution in [0, 0.1) is 11.8 Å². The van der Waals surface area contributed by atoms with Gasteiger partial charge in [-0.2, -0.15) is 0 Å². The van der Waals surface area contributed by atoms with Gasteiger partial charge in [0, 0.05) is 10.8 Å². The second-order valence-electron chi connectivity index (χ2n) is 7.62. The second-order valence-corrected chi connectivity index (χ2v) is 8.50. The molecule has 0 amide bonds. The summed E-state index contributed by atoms with van der Waals surface area (Å²) in [6, 6.07) is 0. The van der Waals surface area contributed by atoms with E-state index in [4.69, 9.17) is 4.74 Å². The number of allylic oxidation sites excluding steroid dienone is 6. The zero-order valence-corrected chi connectivity index (χ0v) is 18.7. The maximum absolute atomic E-state index is 9.74. The molecule has 2 aliphatic rings. The van der Waals surface area contributed by atoms with Gasteiger partial charge in [0.05, 0.1) is 24.6 Å². The molecule has 0 aromatic rings. The maximum atomic E-state index is 9.74. The van der Waals surface area contributed by atoms with Crippen molar-refractivity contribution in [3.05, 3.63) is 47.8 Å². The molecule has 4 unspecified atom stereocenters. The molecule has 152 valence electrons. The van der Waals surface area contributed by atoms with Gasteiger partial charge in [-0.25, -0.2) is 0 Å². The lowest BCUT2D eigenvalue weighted by atomic mass is 9.75. The molecule has 2 aliphatic carbocycles. The number of aliphatic hydroxyl groups excluding tert-OH is 2. The molecule has 0 fully saturated rings. The lowest BCUT2D eigenvalue weighted by molar-refractivity contribution is 0.0403. The van der Waals surface area contributed by atoms with E-state index in [1.807, 2.05) is 0 Å². The number of aliphatic hydroxyl groups is 2. The highest BCUT2D eigenvalue weighted by Gasteiger charge is 2.29. The highest BCUT2D eigenvalue weighted by molar-refractivity contribution is 14.1. The SMILES string of the molecule is C=CC(O)C(O)CCCCOC1=CCC(C2=C(CC)CCC=C2)C(CI)C1. The number of halogens is 1. The molecule has 3 nitrogen and oxygen atoms in total. The van der Waals surface area contributed by atoms with E-state index >= 15 is 0 Å². The Morgan fingerprint density at radius 1 is 1.37 bits per heavy atom. The van der Waals surface area contributed by atoms with E-state index < -0.39 is 12.2 Å². The van der Waals surface area contributed by atoms with Crippen molar-refractivity contribution in [3.8, 4) is 0 Å². The molecule has 0 saturated carbocycles. The third-order valence-electron chi connectivity index (χ3n) is 5.79. The number of unbranched alkanes of at least 4 members (excludes halogenated alkanes) is 1. The van der Waals surface area contributed by atoms with Gasteiger partial charge in [-0.05, 0) is 68.4 Å². The van der Waals surface area contributed by atoms with Gasteiger partial charge in [0.15, 0.2) is 0 Å². The second kappa shape index (κ2) is 12.1. The standard InChI is InChI=1S/C23H35IO3/c1-3-17-9-5-6-10-20(17)21-13-12-19(15-18(21)16-24)27-14-8-7-11-23(26)22(25)4-2/h4,6,10,12,18,21-23,25-26H,2-3,5,7-9,11,13-16H2,1H3. The zero-order chi connectivity index (χ0) is 19.6. The van der Waals surface area contributed by atoms with E-state index in [2.05, 4.69) is 54.3 Å². The molecule has 2 rings (SSSR count). The minimum atomic E-state index is -0.829. The summed E-state index contributed by atoms with van der Waals surface area (Å²) in [6.07, 6.45) is 14.9. The Morgan fingerprint density at radius 3 is 2.89 bits per heavy atom. The molecule has 4 heteroatoms. The molecule has 0 radical (unpaired) electrons. The highest BCUT2D eigenvalue weighted by Crippen LogP contribution is 2.40. The number of ether oxygens (including phenoxy) is 1. The molecule has 0 aromatic carbocycles. The molecule has 27 heavy (non-hydrogen) atoms. The summed E-state index contributed by atoms with van der Waals surface area (Å²) in [5.74, 6) is 2.42. The summed E-state index contributed by atoms with van der Waals surface area (Å²) in [7, 11) is 0. The van der Waals surface area contributed by atoms with Crippen LogP contribution in [0.4, 0.5) is 0 Å². The van der Waals surface area contributed by atoms with Crippen LogP contribution in [-0.2, 0) is 4.74 Å². The summed E-state index contributed by atoms with van der Waals surface area (Å²) in [5.41, 5.74) is 3.24. The van der Waals surface area contributed by atoms with E-state index in [9.17, 15) is 10.2 Å². The maximum Gasteiger partial charge on any atom is 0.0977 e. The average molecular weight is 486 g/mol. The van der Waals surface area contributed by atoms with Crippen molar-refractivity contribution in [1.29, 1.82) is 0 Å². The predicted octanol–water partition coefficient (Wildman–Crippen LogP) is 5.48. The van der Waals surface area contributed by atoms with Gasteiger partial charge < -0.3 is 14.9 Å². The Hall–Kier alpha value is -0.590. The molecule has 4 atom stereocenters. The molecule has 0 aromatic heterocycles. The number of alkyl halides is 1. The van der Waals surface area contributed by atoms with Crippen LogP contribution in [-0.4, -0.2) is 33.5 Å². The van der Waals surface area contributed by atoms with E-state index in [1.54, 1.807) is 11.1 Å². The van der Waals surface area contributed by atoms with Gasteiger partial charge in [0.1, 0.15) is 0 Å². The first-order chi connectivity index (χ1) is 13.1. The average Bonchev–Trinajstić information content (AvgIpc) is 2.72. The van der Waals surface area contributed by atoms with Gasteiger partial charge >= 0.3 is 0 Å². The smallest absolute Gasteiger partial charge is 0.0977 e. The van der Waals surface area contributed by atoms with Crippen molar-refractivity contribution in [3.63, 3.8) is 0 Å². The predicted molar refractivity (Wildman–Crippen MR) is 121 cm³/mol.